The molecular formula is C12H18ClN3OS. The highest BCUT2D eigenvalue weighted by molar-refractivity contribution is 8.00. The number of nitrogen functional groups attached to an aromatic ring is 1. The number of amides is 1. The molecule has 0 saturated carbocycles. The summed E-state index contributed by atoms with van der Waals surface area (Å²) in [6.07, 6.45) is 1.53. The minimum absolute atomic E-state index is 0. The first-order chi connectivity index (χ1) is 8.09. The van der Waals surface area contributed by atoms with Crippen LogP contribution in [0.2, 0.25) is 0 Å². The Morgan fingerprint density at radius 2 is 2.22 bits per heavy atom. The second-order valence-corrected chi connectivity index (χ2v) is 5.78. The number of carbonyl (C=O) groups is 1. The molecule has 1 aromatic heterocycles. The molecule has 1 saturated heterocycles. The lowest BCUT2D eigenvalue weighted by Gasteiger charge is -2.37. The third-order valence-corrected chi connectivity index (χ3v) is 4.49. The highest BCUT2D eigenvalue weighted by atomic mass is 35.5. The molecule has 0 radical (unpaired) electrons. The lowest BCUT2D eigenvalue weighted by atomic mass is 10.2. The molecule has 1 aliphatic rings. The van der Waals surface area contributed by atoms with Crippen LogP contribution in [0.3, 0.4) is 0 Å². The van der Waals surface area contributed by atoms with Gasteiger partial charge in [0.2, 0.25) is 0 Å². The van der Waals surface area contributed by atoms with Crippen molar-refractivity contribution in [2.45, 2.75) is 25.1 Å². The molecule has 18 heavy (non-hydrogen) atoms. The minimum atomic E-state index is 0. The Morgan fingerprint density at radius 1 is 1.50 bits per heavy atom. The maximum Gasteiger partial charge on any atom is 0.272 e. The fraction of sp³-hybridized carbons (Fsp3) is 0.500. The summed E-state index contributed by atoms with van der Waals surface area (Å²) in [5.74, 6) is 0.997. The zero-order chi connectivity index (χ0) is 12.4. The second-order valence-electron chi connectivity index (χ2n) is 4.29. The Kier molecular flexibility index (Phi) is 5.28. The van der Waals surface area contributed by atoms with Gasteiger partial charge in [-0.15, -0.1) is 12.4 Å². The van der Waals surface area contributed by atoms with Crippen LogP contribution in [0, 0.1) is 0 Å². The third kappa shape index (κ3) is 3.09. The zero-order valence-electron chi connectivity index (χ0n) is 10.5. The van der Waals surface area contributed by atoms with Crippen LogP contribution in [0.5, 0.6) is 0 Å². The van der Waals surface area contributed by atoms with Gasteiger partial charge in [-0.25, -0.2) is 4.98 Å². The van der Waals surface area contributed by atoms with Crippen LogP contribution in [-0.4, -0.2) is 39.4 Å². The van der Waals surface area contributed by atoms with Crippen molar-refractivity contribution in [2.24, 2.45) is 0 Å². The first-order valence-corrected chi connectivity index (χ1v) is 6.78. The van der Waals surface area contributed by atoms with Crippen LogP contribution in [0.25, 0.3) is 0 Å². The fourth-order valence-electron chi connectivity index (χ4n) is 1.90. The van der Waals surface area contributed by atoms with E-state index in [0.717, 1.165) is 12.3 Å². The number of nitrogens with zero attached hydrogens (tertiary/aromatic N) is 2. The molecule has 2 unspecified atom stereocenters. The average molecular weight is 288 g/mol. The Morgan fingerprint density at radius 3 is 2.83 bits per heavy atom. The summed E-state index contributed by atoms with van der Waals surface area (Å²) in [6.45, 7) is 5.04. The molecule has 6 heteroatoms. The molecule has 2 atom stereocenters. The van der Waals surface area contributed by atoms with Crippen molar-refractivity contribution in [3.63, 3.8) is 0 Å². The van der Waals surface area contributed by atoms with Crippen molar-refractivity contribution >= 4 is 35.8 Å². The molecule has 2 N–H and O–H groups in total. The van der Waals surface area contributed by atoms with Crippen molar-refractivity contribution in [2.75, 3.05) is 18.0 Å². The Bertz CT molecular complexity index is 412. The molecule has 0 aliphatic carbocycles. The SMILES string of the molecule is CC1SCCN(C(=O)c2ccc(N)cn2)C1C.Cl. The number of rotatable bonds is 1. The standard InChI is InChI=1S/C12H17N3OS.ClH/c1-8-9(2)17-6-5-15(8)12(16)11-4-3-10(13)7-14-11;/h3-4,7-9H,5-6,13H2,1-2H3;1H. The summed E-state index contributed by atoms with van der Waals surface area (Å²) in [5, 5.41) is 0.474. The van der Waals surface area contributed by atoms with E-state index in [0.29, 0.717) is 16.6 Å². The topological polar surface area (TPSA) is 59.2 Å². The van der Waals surface area contributed by atoms with E-state index in [1.807, 2.05) is 16.7 Å². The maximum absolute atomic E-state index is 12.3. The fourth-order valence-corrected chi connectivity index (χ4v) is 3.00. The molecule has 1 aliphatic heterocycles. The summed E-state index contributed by atoms with van der Waals surface area (Å²) < 4.78 is 0. The predicted octanol–water partition coefficient (Wildman–Crippen LogP) is 2.05. The van der Waals surface area contributed by atoms with Crippen LogP contribution < -0.4 is 5.73 Å². The van der Waals surface area contributed by atoms with Crippen LogP contribution in [0.1, 0.15) is 24.3 Å². The molecule has 1 amide bonds. The molecule has 2 rings (SSSR count). The number of pyridine rings is 1. The quantitative estimate of drug-likeness (QED) is 0.859. The highest BCUT2D eigenvalue weighted by Gasteiger charge is 2.29. The van der Waals surface area contributed by atoms with E-state index in [1.165, 1.54) is 6.20 Å². The summed E-state index contributed by atoms with van der Waals surface area (Å²) >= 11 is 1.91. The van der Waals surface area contributed by atoms with E-state index < -0.39 is 0 Å². The van der Waals surface area contributed by atoms with E-state index in [1.54, 1.807) is 12.1 Å². The van der Waals surface area contributed by atoms with Crippen LogP contribution >= 0.6 is 24.2 Å². The number of hydrogen-bond donors (Lipinski definition) is 1. The zero-order valence-corrected chi connectivity index (χ0v) is 12.1. The van der Waals surface area contributed by atoms with Crippen molar-refractivity contribution < 1.29 is 4.79 Å². The summed E-state index contributed by atoms with van der Waals surface area (Å²) in [4.78, 5) is 18.3. The molecule has 0 aromatic carbocycles. The molecule has 0 spiro atoms. The van der Waals surface area contributed by atoms with E-state index >= 15 is 0 Å². The van der Waals surface area contributed by atoms with Gasteiger partial charge in [-0.3, -0.25) is 4.79 Å². The number of thioether (sulfide) groups is 1. The van der Waals surface area contributed by atoms with E-state index in [-0.39, 0.29) is 24.4 Å². The van der Waals surface area contributed by atoms with E-state index in [9.17, 15) is 4.79 Å². The van der Waals surface area contributed by atoms with Crippen LogP contribution in [0.4, 0.5) is 5.69 Å². The first kappa shape index (κ1) is 15.1. The second kappa shape index (κ2) is 6.29. The van der Waals surface area contributed by atoms with Gasteiger partial charge in [0.05, 0.1) is 11.9 Å². The molecule has 1 fully saturated rings. The van der Waals surface area contributed by atoms with E-state index in [4.69, 9.17) is 5.73 Å². The normalized spacial score (nSPS) is 23.3. The van der Waals surface area contributed by atoms with Gasteiger partial charge < -0.3 is 10.6 Å². The number of carbonyl (C=O) groups excluding carboxylic acids is 1. The largest absolute Gasteiger partial charge is 0.397 e. The number of halogens is 1. The van der Waals surface area contributed by atoms with Crippen molar-refractivity contribution in [1.29, 1.82) is 0 Å². The lowest BCUT2D eigenvalue weighted by molar-refractivity contribution is 0.0692. The van der Waals surface area contributed by atoms with Gasteiger partial charge in [-0.05, 0) is 19.1 Å². The van der Waals surface area contributed by atoms with Gasteiger partial charge in [0.15, 0.2) is 0 Å². The summed E-state index contributed by atoms with van der Waals surface area (Å²) in [7, 11) is 0. The Hall–Kier alpha value is -0.940. The minimum Gasteiger partial charge on any atom is -0.397 e. The van der Waals surface area contributed by atoms with Gasteiger partial charge in [-0.1, -0.05) is 6.92 Å². The van der Waals surface area contributed by atoms with Gasteiger partial charge >= 0.3 is 0 Å². The number of hydrogen-bond acceptors (Lipinski definition) is 4. The maximum atomic E-state index is 12.3. The molecule has 1 aromatic rings. The van der Waals surface area contributed by atoms with Crippen molar-refractivity contribution in [3.8, 4) is 0 Å². The number of aromatic nitrogens is 1. The lowest BCUT2D eigenvalue weighted by Crippen LogP contribution is -2.48. The third-order valence-electron chi connectivity index (χ3n) is 3.15. The smallest absolute Gasteiger partial charge is 0.272 e. The summed E-state index contributed by atoms with van der Waals surface area (Å²) in [5.41, 5.74) is 6.62. The van der Waals surface area contributed by atoms with Crippen LogP contribution in [0.15, 0.2) is 18.3 Å². The van der Waals surface area contributed by atoms with Crippen molar-refractivity contribution in [3.05, 3.63) is 24.0 Å². The molecular weight excluding hydrogens is 270 g/mol. The Balaban J connectivity index is 0.00000162. The predicted molar refractivity (Wildman–Crippen MR) is 78.3 cm³/mol. The monoisotopic (exact) mass is 287 g/mol. The van der Waals surface area contributed by atoms with E-state index in [2.05, 4.69) is 18.8 Å². The van der Waals surface area contributed by atoms with Gasteiger partial charge in [0.25, 0.3) is 5.91 Å². The number of anilines is 1. The molecule has 0 bridgehead atoms. The molecule has 2 heterocycles. The Labute approximate surface area is 118 Å². The number of nitrogens with two attached hydrogens (primary N) is 1. The van der Waals surface area contributed by atoms with Gasteiger partial charge in [0, 0.05) is 23.6 Å². The average Bonchev–Trinajstić information content (AvgIpc) is 2.33. The highest BCUT2D eigenvalue weighted by Crippen LogP contribution is 2.25. The van der Waals surface area contributed by atoms with Gasteiger partial charge in [0.1, 0.15) is 5.69 Å². The van der Waals surface area contributed by atoms with Crippen molar-refractivity contribution in [1.82, 2.24) is 9.88 Å². The first-order valence-electron chi connectivity index (χ1n) is 5.73. The van der Waals surface area contributed by atoms with Crippen LogP contribution in [-0.2, 0) is 0 Å². The summed E-state index contributed by atoms with van der Waals surface area (Å²) in [6, 6.07) is 3.66. The van der Waals surface area contributed by atoms with Gasteiger partial charge in [-0.2, -0.15) is 11.8 Å². The molecule has 100 valence electrons. The molecule has 4 nitrogen and oxygen atoms in total.